The van der Waals surface area contributed by atoms with Crippen LogP contribution in [0.1, 0.15) is 52.8 Å². The smallest absolute Gasteiger partial charge is 0.319 e. The number of ether oxygens (including phenoxy) is 1. The number of hydrogen-bond acceptors (Lipinski definition) is 4. The number of hydrogen-bond donors (Lipinski definition) is 3. The second-order valence-electron chi connectivity index (χ2n) is 8.88. The van der Waals surface area contributed by atoms with Crippen molar-refractivity contribution in [2.75, 3.05) is 24.7 Å². The van der Waals surface area contributed by atoms with Crippen molar-refractivity contribution in [2.24, 2.45) is 0 Å². The fourth-order valence-electron chi connectivity index (χ4n) is 2.97. The number of rotatable bonds is 5. The number of nitrogens with zero attached hydrogens (tertiary/aromatic N) is 2. The number of carbonyl (C=O) groups is 1. The van der Waals surface area contributed by atoms with E-state index in [2.05, 4.69) is 15.7 Å². The molecule has 2 aromatic rings. The maximum absolute atomic E-state index is 12.5. The van der Waals surface area contributed by atoms with E-state index < -0.39 is 0 Å². The molecule has 0 atom stereocenters. The maximum atomic E-state index is 12.5. The van der Waals surface area contributed by atoms with Crippen LogP contribution in [-0.2, 0) is 17.4 Å². The van der Waals surface area contributed by atoms with Gasteiger partial charge < -0.3 is 21.1 Å². The van der Waals surface area contributed by atoms with E-state index in [9.17, 15) is 4.79 Å². The lowest BCUT2D eigenvalue weighted by Crippen LogP contribution is -2.31. The summed E-state index contributed by atoms with van der Waals surface area (Å²) in [6.07, 6.45) is 0.667. The minimum atomic E-state index is -0.305. The van der Waals surface area contributed by atoms with Crippen molar-refractivity contribution >= 4 is 17.5 Å². The van der Waals surface area contributed by atoms with E-state index in [0.29, 0.717) is 24.5 Å². The molecule has 28 heavy (non-hydrogen) atoms. The second kappa shape index (κ2) is 8.12. The molecule has 0 aliphatic heterocycles. The van der Waals surface area contributed by atoms with Crippen LogP contribution in [0.15, 0.2) is 24.3 Å². The summed E-state index contributed by atoms with van der Waals surface area (Å²) in [7, 11) is 1.64. The number of nitrogens with one attached hydrogen (secondary N) is 2. The zero-order valence-electron chi connectivity index (χ0n) is 18.0. The fraction of sp³-hybridized carbons (Fsp3) is 0.524. The van der Waals surface area contributed by atoms with Gasteiger partial charge >= 0.3 is 6.03 Å². The van der Waals surface area contributed by atoms with Crippen LogP contribution >= 0.6 is 0 Å². The number of nitrogens with two attached hydrogens (primary N) is 1. The molecule has 154 valence electrons. The average Bonchev–Trinajstić information content (AvgIpc) is 2.92. The highest BCUT2D eigenvalue weighted by atomic mass is 16.5. The molecule has 0 saturated carbocycles. The molecule has 7 nitrogen and oxygen atoms in total. The van der Waals surface area contributed by atoms with Gasteiger partial charge in [-0.2, -0.15) is 5.10 Å². The zero-order valence-corrected chi connectivity index (χ0v) is 18.0. The van der Waals surface area contributed by atoms with Gasteiger partial charge in [-0.1, -0.05) is 39.0 Å². The summed E-state index contributed by atoms with van der Waals surface area (Å²) in [5.74, 6) is 1.27. The minimum Gasteiger partial charge on any atom is -0.496 e. The number of anilines is 2. The van der Waals surface area contributed by atoms with Crippen molar-refractivity contribution in [3.05, 3.63) is 35.5 Å². The van der Waals surface area contributed by atoms with E-state index in [0.717, 1.165) is 17.0 Å². The van der Waals surface area contributed by atoms with Crippen LogP contribution in [0.25, 0.3) is 0 Å². The SMILES string of the molecule is COc1ccccc1CCNC(=O)Nc1c(C(C)(C)C)nn(C(C)(C)C)c1N. The van der Waals surface area contributed by atoms with Crippen LogP contribution in [0.2, 0.25) is 0 Å². The molecule has 2 rings (SSSR count). The molecule has 0 bridgehead atoms. The third-order valence-corrected chi connectivity index (χ3v) is 4.38. The molecule has 0 aliphatic rings. The molecule has 1 aromatic heterocycles. The minimum absolute atomic E-state index is 0.259. The highest BCUT2D eigenvalue weighted by Gasteiger charge is 2.30. The largest absolute Gasteiger partial charge is 0.496 e. The van der Waals surface area contributed by atoms with Crippen LogP contribution < -0.4 is 21.1 Å². The maximum Gasteiger partial charge on any atom is 0.319 e. The Morgan fingerprint density at radius 2 is 1.82 bits per heavy atom. The Labute approximate surface area is 167 Å². The molecule has 0 saturated heterocycles. The van der Waals surface area contributed by atoms with Gasteiger partial charge in [0.2, 0.25) is 0 Å². The zero-order chi connectivity index (χ0) is 21.1. The Morgan fingerprint density at radius 3 is 2.39 bits per heavy atom. The van der Waals surface area contributed by atoms with E-state index in [4.69, 9.17) is 10.5 Å². The third-order valence-electron chi connectivity index (χ3n) is 4.38. The lowest BCUT2D eigenvalue weighted by molar-refractivity contribution is 0.252. The van der Waals surface area contributed by atoms with Gasteiger partial charge in [-0.15, -0.1) is 0 Å². The standard InChI is InChI=1S/C21H33N5O2/c1-20(2,3)17-16(18(22)26(25-17)21(4,5)6)24-19(27)23-13-12-14-10-8-9-11-15(14)28-7/h8-11H,12-13,22H2,1-7H3,(H2,23,24,27). The van der Waals surface area contributed by atoms with Crippen LogP contribution in [-0.4, -0.2) is 29.5 Å². The van der Waals surface area contributed by atoms with Gasteiger partial charge in [0.1, 0.15) is 17.3 Å². The van der Waals surface area contributed by atoms with Crippen molar-refractivity contribution in [2.45, 2.75) is 58.9 Å². The first-order valence-electron chi connectivity index (χ1n) is 9.51. The molecule has 0 fully saturated rings. The van der Waals surface area contributed by atoms with E-state index in [1.165, 1.54) is 0 Å². The summed E-state index contributed by atoms with van der Waals surface area (Å²) in [6.45, 7) is 12.7. The number of urea groups is 1. The molecule has 7 heteroatoms. The normalized spacial score (nSPS) is 12.0. The summed E-state index contributed by atoms with van der Waals surface area (Å²) < 4.78 is 7.11. The van der Waals surface area contributed by atoms with Crippen molar-refractivity contribution in [1.29, 1.82) is 0 Å². The van der Waals surface area contributed by atoms with Crippen LogP contribution in [0.5, 0.6) is 5.75 Å². The van der Waals surface area contributed by atoms with Crippen molar-refractivity contribution < 1.29 is 9.53 Å². The summed E-state index contributed by atoms with van der Waals surface area (Å²) in [6, 6.07) is 7.47. The topological polar surface area (TPSA) is 94.2 Å². The highest BCUT2D eigenvalue weighted by Crippen LogP contribution is 2.35. The number of aromatic nitrogens is 2. The van der Waals surface area contributed by atoms with Crippen molar-refractivity contribution in [1.82, 2.24) is 15.1 Å². The molecular weight excluding hydrogens is 354 g/mol. The van der Waals surface area contributed by atoms with Crippen LogP contribution in [0.4, 0.5) is 16.3 Å². The molecule has 0 aliphatic carbocycles. The highest BCUT2D eigenvalue weighted by molar-refractivity contribution is 5.93. The van der Waals surface area contributed by atoms with E-state index in [-0.39, 0.29) is 17.0 Å². The molecule has 0 radical (unpaired) electrons. The van der Waals surface area contributed by atoms with Crippen LogP contribution in [0, 0.1) is 0 Å². The number of carbonyl (C=O) groups excluding carboxylic acids is 1. The first kappa shape index (κ1) is 21.6. The summed E-state index contributed by atoms with van der Waals surface area (Å²) >= 11 is 0. The molecule has 0 unspecified atom stereocenters. The first-order chi connectivity index (χ1) is 12.9. The summed E-state index contributed by atoms with van der Waals surface area (Å²) in [5.41, 5.74) is 8.16. The number of para-hydroxylation sites is 1. The molecule has 0 spiro atoms. The van der Waals surface area contributed by atoms with Crippen LogP contribution in [0.3, 0.4) is 0 Å². The average molecular weight is 388 g/mol. The number of nitrogen functional groups attached to an aromatic ring is 1. The Hall–Kier alpha value is -2.70. The van der Waals surface area contributed by atoms with Gasteiger partial charge in [0.25, 0.3) is 0 Å². The quantitative estimate of drug-likeness (QED) is 0.725. The van der Waals surface area contributed by atoms with E-state index >= 15 is 0 Å². The lowest BCUT2D eigenvalue weighted by Gasteiger charge is -2.21. The van der Waals surface area contributed by atoms with Gasteiger partial charge in [-0.25, -0.2) is 9.48 Å². The van der Waals surface area contributed by atoms with Gasteiger partial charge in [0.05, 0.1) is 18.3 Å². The molecule has 1 heterocycles. The Morgan fingerprint density at radius 1 is 1.18 bits per heavy atom. The summed E-state index contributed by atoms with van der Waals surface area (Å²) in [5, 5.41) is 10.5. The van der Waals surface area contributed by atoms with Gasteiger partial charge in [0, 0.05) is 12.0 Å². The molecule has 4 N–H and O–H groups in total. The Balaban J connectivity index is 2.12. The number of methoxy groups -OCH3 is 1. The molecule has 2 amide bonds. The van der Waals surface area contributed by atoms with E-state index in [1.54, 1.807) is 11.8 Å². The van der Waals surface area contributed by atoms with Gasteiger partial charge in [-0.05, 0) is 38.8 Å². The number of benzene rings is 1. The predicted molar refractivity (Wildman–Crippen MR) is 114 cm³/mol. The predicted octanol–water partition coefficient (Wildman–Crippen LogP) is 3.89. The van der Waals surface area contributed by atoms with E-state index in [1.807, 2.05) is 65.8 Å². The third kappa shape index (κ3) is 4.97. The fourth-order valence-corrected chi connectivity index (χ4v) is 2.97. The molecular formula is C21H33N5O2. The Bertz CT molecular complexity index is 828. The second-order valence-corrected chi connectivity index (χ2v) is 8.88. The lowest BCUT2D eigenvalue weighted by atomic mass is 9.91. The molecule has 1 aromatic carbocycles. The number of amides is 2. The first-order valence-corrected chi connectivity index (χ1v) is 9.51. The van der Waals surface area contributed by atoms with Gasteiger partial charge in [0.15, 0.2) is 0 Å². The van der Waals surface area contributed by atoms with Crippen molar-refractivity contribution in [3.63, 3.8) is 0 Å². The summed E-state index contributed by atoms with van der Waals surface area (Å²) in [4.78, 5) is 12.5. The Kier molecular flexibility index (Phi) is 6.27. The van der Waals surface area contributed by atoms with Gasteiger partial charge in [-0.3, -0.25) is 0 Å². The van der Waals surface area contributed by atoms with Crippen molar-refractivity contribution in [3.8, 4) is 5.75 Å². The monoisotopic (exact) mass is 387 g/mol.